The molecule has 1 aromatic carbocycles. The van der Waals surface area contributed by atoms with E-state index in [1.165, 1.54) is 30.0 Å². The first-order chi connectivity index (χ1) is 9.22. The summed E-state index contributed by atoms with van der Waals surface area (Å²) in [4.78, 5) is 4.54. The van der Waals surface area contributed by atoms with E-state index in [2.05, 4.69) is 54.5 Å². The van der Waals surface area contributed by atoms with E-state index in [4.69, 9.17) is 0 Å². The van der Waals surface area contributed by atoms with Gasteiger partial charge in [-0.1, -0.05) is 38.1 Å². The van der Waals surface area contributed by atoms with E-state index in [-0.39, 0.29) is 0 Å². The molecule has 19 heavy (non-hydrogen) atoms. The van der Waals surface area contributed by atoms with Crippen LogP contribution in [-0.4, -0.2) is 11.0 Å². The number of hydrogen-bond donors (Lipinski definition) is 1. The molecule has 1 heterocycles. The van der Waals surface area contributed by atoms with Gasteiger partial charge in [-0.15, -0.1) is 0 Å². The second-order valence-corrected chi connectivity index (χ2v) is 6.14. The van der Waals surface area contributed by atoms with Crippen molar-refractivity contribution in [1.82, 2.24) is 4.98 Å². The number of hydrogen-bond acceptors (Lipinski definition) is 2. The van der Waals surface area contributed by atoms with Crippen molar-refractivity contribution in [2.24, 2.45) is 11.8 Å². The zero-order valence-corrected chi connectivity index (χ0v) is 11.8. The van der Waals surface area contributed by atoms with Crippen LogP contribution in [0.4, 0.5) is 5.82 Å². The van der Waals surface area contributed by atoms with Gasteiger partial charge in [0.25, 0.3) is 0 Å². The van der Waals surface area contributed by atoms with Gasteiger partial charge in [0.2, 0.25) is 0 Å². The van der Waals surface area contributed by atoms with Crippen LogP contribution in [0.25, 0.3) is 10.8 Å². The molecule has 2 heteroatoms. The highest BCUT2D eigenvalue weighted by molar-refractivity contribution is 5.91. The monoisotopic (exact) mass is 254 g/mol. The minimum Gasteiger partial charge on any atom is -0.367 e. The number of benzene rings is 1. The molecule has 0 amide bonds. The minimum absolute atomic E-state index is 0.567. The van der Waals surface area contributed by atoms with E-state index >= 15 is 0 Å². The molecule has 3 rings (SSSR count). The van der Waals surface area contributed by atoms with Crippen molar-refractivity contribution in [1.29, 1.82) is 0 Å². The molecule has 100 valence electrons. The van der Waals surface area contributed by atoms with Gasteiger partial charge in [-0.05, 0) is 42.6 Å². The summed E-state index contributed by atoms with van der Waals surface area (Å²) in [6, 6.07) is 11.1. The fourth-order valence-corrected chi connectivity index (χ4v) is 3.49. The maximum absolute atomic E-state index is 4.54. The van der Waals surface area contributed by atoms with Gasteiger partial charge in [-0.25, -0.2) is 4.98 Å². The van der Waals surface area contributed by atoms with Crippen LogP contribution in [0.1, 0.15) is 33.1 Å². The fourth-order valence-electron chi connectivity index (χ4n) is 3.49. The summed E-state index contributed by atoms with van der Waals surface area (Å²) >= 11 is 0. The summed E-state index contributed by atoms with van der Waals surface area (Å²) in [6.45, 7) is 4.72. The molecule has 2 unspecified atom stereocenters. The van der Waals surface area contributed by atoms with E-state index in [9.17, 15) is 0 Å². The minimum atomic E-state index is 0.567. The molecule has 2 nitrogen and oxygen atoms in total. The summed E-state index contributed by atoms with van der Waals surface area (Å²) < 4.78 is 0. The second kappa shape index (κ2) is 5.20. The Balaban J connectivity index is 1.85. The van der Waals surface area contributed by atoms with Crippen molar-refractivity contribution >= 4 is 16.6 Å². The average Bonchev–Trinajstić information content (AvgIpc) is 2.38. The van der Waals surface area contributed by atoms with E-state index in [1.54, 1.807) is 0 Å². The lowest BCUT2D eigenvalue weighted by Gasteiger charge is -2.32. The lowest BCUT2D eigenvalue weighted by atomic mass is 9.80. The first-order valence-electron chi connectivity index (χ1n) is 7.32. The highest BCUT2D eigenvalue weighted by Crippen LogP contribution is 2.31. The maximum atomic E-state index is 4.54. The number of anilines is 1. The summed E-state index contributed by atoms with van der Waals surface area (Å²) in [7, 11) is 0. The van der Waals surface area contributed by atoms with Crippen LogP contribution in [0, 0.1) is 11.8 Å². The number of aromatic nitrogens is 1. The third kappa shape index (κ3) is 2.73. The highest BCUT2D eigenvalue weighted by atomic mass is 15.0. The molecular formula is C17H22N2. The Bertz CT molecular complexity index is 549. The van der Waals surface area contributed by atoms with E-state index in [1.807, 2.05) is 6.20 Å². The molecule has 0 bridgehead atoms. The van der Waals surface area contributed by atoms with Crippen LogP contribution in [0.15, 0.2) is 36.5 Å². The van der Waals surface area contributed by atoms with Gasteiger partial charge in [-0.2, -0.15) is 0 Å². The molecular weight excluding hydrogens is 232 g/mol. The first kappa shape index (κ1) is 12.5. The van der Waals surface area contributed by atoms with Crippen molar-refractivity contribution in [2.75, 3.05) is 5.32 Å². The van der Waals surface area contributed by atoms with Crippen molar-refractivity contribution in [3.8, 4) is 0 Å². The number of nitrogens with one attached hydrogen (secondary N) is 1. The summed E-state index contributed by atoms with van der Waals surface area (Å²) in [6.07, 6.45) is 5.78. The van der Waals surface area contributed by atoms with Crippen LogP contribution >= 0.6 is 0 Å². The van der Waals surface area contributed by atoms with E-state index < -0.39 is 0 Å². The molecule has 0 spiro atoms. The van der Waals surface area contributed by atoms with Crippen molar-refractivity contribution in [3.63, 3.8) is 0 Å². The molecule has 0 aliphatic heterocycles. The van der Waals surface area contributed by atoms with E-state index in [0.29, 0.717) is 6.04 Å². The molecule has 0 saturated heterocycles. The van der Waals surface area contributed by atoms with Gasteiger partial charge in [0, 0.05) is 17.6 Å². The predicted octanol–water partition coefficient (Wildman–Crippen LogP) is 4.47. The van der Waals surface area contributed by atoms with Crippen LogP contribution in [0.5, 0.6) is 0 Å². The van der Waals surface area contributed by atoms with Gasteiger partial charge in [0.1, 0.15) is 5.82 Å². The molecule has 2 atom stereocenters. The Morgan fingerprint density at radius 1 is 1.00 bits per heavy atom. The normalized spacial score (nSPS) is 27.4. The Hall–Kier alpha value is -1.57. The maximum Gasteiger partial charge on any atom is 0.134 e. The van der Waals surface area contributed by atoms with Crippen molar-refractivity contribution in [3.05, 3.63) is 36.5 Å². The summed E-state index contributed by atoms with van der Waals surface area (Å²) in [5.41, 5.74) is 0. The third-order valence-corrected chi connectivity index (χ3v) is 4.19. The molecule has 1 saturated carbocycles. The molecule has 1 fully saturated rings. The van der Waals surface area contributed by atoms with Gasteiger partial charge in [0.15, 0.2) is 0 Å². The van der Waals surface area contributed by atoms with Crippen LogP contribution in [0.2, 0.25) is 0 Å². The molecule has 1 aliphatic rings. The van der Waals surface area contributed by atoms with Gasteiger partial charge < -0.3 is 5.32 Å². The SMILES string of the molecule is CC1CC(C)CC(Nc2nccc3ccccc23)C1. The molecule has 0 radical (unpaired) electrons. The smallest absolute Gasteiger partial charge is 0.134 e. The Labute approximate surface area is 115 Å². The third-order valence-electron chi connectivity index (χ3n) is 4.19. The topological polar surface area (TPSA) is 24.9 Å². The van der Waals surface area contributed by atoms with Crippen LogP contribution < -0.4 is 5.32 Å². The second-order valence-electron chi connectivity index (χ2n) is 6.14. The highest BCUT2D eigenvalue weighted by Gasteiger charge is 2.24. The molecule has 2 aromatic rings. The Morgan fingerprint density at radius 2 is 1.74 bits per heavy atom. The number of pyridine rings is 1. The lowest BCUT2D eigenvalue weighted by molar-refractivity contribution is 0.280. The lowest BCUT2D eigenvalue weighted by Crippen LogP contribution is -2.30. The van der Waals surface area contributed by atoms with E-state index in [0.717, 1.165) is 17.7 Å². The zero-order chi connectivity index (χ0) is 13.2. The van der Waals surface area contributed by atoms with Gasteiger partial charge in [-0.3, -0.25) is 0 Å². The largest absolute Gasteiger partial charge is 0.367 e. The number of nitrogens with zero attached hydrogens (tertiary/aromatic N) is 1. The molecule has 1 N–H and O–H groups in total. The predicted molar refractivity (Wildman–Crippen MR) is 81.3 cm³/mol. The summed E-state index contributed by atoms with van der Waals surface area (Å²) in [5, 5.41) is 6.17. The first-order valence-corrected chi connectivity index (χ1v) is 7.32. The summed E-state index contributed by atoms with van der Waals surface area (Å²) in [5.74, 6) is 2.68. The standard InChI is InChI=1S/C17H22N2/c1-12-9-13(2)11-15(10-12)19-17-16-6-4-3-5-14(16)7-8-18-17/h3-8,12-13,15H,9-11H2,1-2H3,(H,18,19). The van der Waals surface area contributed by atoms with Crippen molar-refractivity contribution < 1.29 is 0 Å². The van der Waals surface area contributed by atoms with Gasteiger partial charge >= 0.3 is 0 Å². The molecule has 1 aromatic heterocycles. The molecule has 1 aliphatic carbocycles. The van der Waals surface area contributed by atoms with Crippen LogP contribution in [-0.2, 0) is 0 Å². The van der Waals surface area contributed by atoms with Gasteiger partial charge in [0.05, 0.1) is 0 Å². The van der Waals surface area contributed by atoms with Crippen LogP contribution in [0.3, 0.4) is 0 Å². The average molecular weight is 254 g/mol. The number of rotatable bonds is 2. The Kier molecular flexibility index (Phi) is 3.41. The Morgan fingerprint density at radius 3 is 2.53 bits per heavy atom. The fraction of sp³-hybridized carbons (Fsp3) is 0.471. The zero-order valence-electron chi connectivity index (χ0n) is 11.8. The number of fused-ring (bicyclic) bond motifs is 1. The van der Waals surface area contributed by atoms with Crippen molar-refractivity contribution in [2.45, 2.75) is 39.2 Å². The quantitative estimate of drug-likeness (QED) is 0.855.